The number of hydrogen-bond donors (Lipinski definition) is 1. The third-order valence-corrected chi connectivity index (χ3v) is 6.89. The van der Waals surface area contributed by atoms with Gasteiger partial charge in [0.2, 0.25) is 0 Å². The molecule has 0 aromatic carbocycles. The second-order valence-electron chi connectivity index (χ2n) is 7.64. The predicted molar refractivity (Wildman–Crippen MR) is 77.0 cm³/mol. The van der Waals surface area contributed by atoms with Gasteiger partial charge in [0.1, 0.15) is 0 Å². The Morgan fingerprint density at radius 1 is 0.842 bits per heavy atom. The smallest absolute Gasteiger partial charge is 0.0572 e. The van der Waals surface area contributed by atoms with Crippen molar-refractivity contribution in [2.45, 2.75) is 76.0 Å². The summed E-state index contributed by atoms with van der Waals surface area (Å²) >= 11 is 0. The Labute approximate surface area is 117 Å². The highest BCUT2D eigenvalue weighted by atomic mass is 16.5. The molecule has 2 bridgehead atoms. The van der Waals surface area contributed by atoms with Gasteiger partial charge in [-0.1, -0.05) is 6.42 Å². The van der Waals surface area contributed by atoms with Crippen molar-refractivity contribution in [2.24, 2.45) is 23.7 Å². The van der Waals surface area contributed by atoms with Gasteiger partial charge in [0.15, 0.2) is 0 Å². The lowest BCUT2D eigenvalue weighted by Gasteiger charge is -2.37. The summed E-state index contributed by atoms with van der Waals surface area (Å²) in [6, 6.07) is 1.66. The highest BCUT2D eigenvalue weighted by Gasteiger charge is 2.53. The Bertz CT molecular complexity index is 323. The van der Waals surface area contributed by atoms with E-state index in [0.717, 1.165) is 35.8 Å². The molecular formula is C17H29NO. The molecule has 108 valence electrons. The molecule has 0 aromatic rings. The Morgan fingerprint density at radius 3 is 2.42 bits per heavy atom. The third kappa shape index (κ3) is 2.15. The predicted octanol–water partition coefficient (Wildman–Crippen LogP) is 3.36. The van der Waals surface area contributed by atoms with E-state index in [2.05, 4.69) is 5.32 Å². The van der Waals surface area contributed by atoms with E-state index >= 15 is 0 Å². The van der Waals surface area contributed by atoms with Crippen LogP contribution >= 0.6 is 0 Å². The van der Waals surface area contributed by atoms with E-state index in [9.17, 15) is 0 Å². The molecule has 0 saturated heterocycles. The van der Waals surface area contributed by atoms with Gasteiger partial charge in [-0.15, -0.1) is 0 Å². The molecule has 4 rings (SSSR count). The van der Waals surface area contributed by atoms with Crippen molar-refractivity contribution in [3.05, 3.63) is 0 Å². The van der Waals surface area contributed by atoms with E-state index in [-0.39, 0.29) is 0 Å². The average molecular weight is 263 g/mol. The lowest BCUT2D eigenvalue weighted by Crippen LogP contribution is -2.46. The lowest BCUT2D eigenvalue weighted by molar-refractivity contribution is 0.0584. The Hall–Kier alpha value is -0.0800. The quantitative estimate of drug-likeness (QED) is 0.843. The molecule has 0 spiro atoms. The van der Waals surface area contributed by atoms with Gasteiger partial charge in [0.05, 0.1) is 6.10 Å². The number of fused-ring (bicyclic) bond motifs is 5. The van der Waals surface area contributed by atoms with Crippen LogP contribution in [0.2, 0.25) is 0 Å². The van der Waals surface area contributed by atoms with Crippen molar-refractivity contribution in [1.29, 1.82) is 0 Å². The zero-order valence-corrected chi connectivity index (χ0v) is 12.3. The van der Waals surface area contributed by atoms with Gasteiger partial charge < -0.3 is 10.1 Å². The second kappa shape index (κ2) is 5.04. The van der Waals surface area contributed by atoms with Crippen molar-refractivity contribution >= 4 is 0 Å². The lowest BCUT2D eigenvalue weighted by atomic mass is 9.78. The molecule has 0 heterocycles. The van der Waals surface area contributed by atoms with Gasteiger partial charge in [-0.05, 0) is 75.0 Å². The monoisotopic (exact) mass is 263 g/mol. The first-order valence-electron chi connectivity index (χ1n) is 8.64. The Balaban J connectivity index is 1.33. The zero-order chi connectivity index (χ0) is 12.8. The van der Waals surface area contributed by atoms with Gasteiger partial charge in [-0.2, -0.15) is 0 Å². The molecule has 4 saturated carbocycles. The van der Waals surface area contributed by atoms with E-state index < -0.39 is 0 Å². The van der Waals surface area contributed by atoms with Gasteiger partial charge >= 0.3 is 0 Å². The molecule has 5 atom stereocenters. The average Bonchev–Trinajstić information content (AvgIpc) is 3.11. The van der Waals surface area contributed by atoms with Crippen molar-refractivity contribution in [1.82, 2.24) is 5.32 Å². The van der Waals surface area contributed by atoms with Gasteiger partial charge in [0, 0.05) is 19.2 Å². The molecule has 1 N–H and O–H groups in total. The molecular weight excluding hydrogens is 234 g/mol. The number of ether oxygens (including phenoxy) is 1. The van der Waals surface area contributed by atoms with E-state index in [4.69, 9.17) is 4.74 Å². The summed E-state index contributed by atoms with van der Waals surface area (Å²) in [5.41, 5.74) is 0. The molecule has 5 unspecified atom stereocenters. The first-order valence-corrected chi connectivity index (χ1v) is 8.64. The molecule has 0 radical (unpaired) electrons. The zero-order valence-electron chi connectivity index (χ0n) is 12.3. The van der Waals surface area contributed by atoms with E-state index in [1.54, 1.807) is 19.3 Å². The van der Waals surface area contributed by atoms with Crippen LogP contribution in [0, 0.1) is 23.7 Å². The molecule has 4 fully saturated rings. The van der Waals surface area contributed by atoms with Crippen molar-refractivity contribution in [2.75, 3.05) is 7.11 Å². The van der Waals surface area contributed by atoms with E-state index in [1.165, 1.54) is 38.5 Å². The fraction of sp³-hybridized carbons (Fsp3) is 1.00. The molecule has 19 heavy (non-hydrogen) atoms. The van der Waals surface area contributed by atoms with Gasteiger partial charge in [-0.25, -0.2) is 0 Å². The summed E-state index contributed by atoms with van der Waals surface area (Å²) < 4.78 is 5.49. The summed E-state index contributed by atoms with van der Waals surface area (Å²) in [7, 11) is 1.87. The maximum Gasteiger partial charge on any atom is 0.0572 e. The fourth-order valence-electron chi connectivity index (χ4n) is 6.03. The van der Waals surface area contributed by atoms with Crippen LogP contribution in [-0.4, -0.2) is 25.3 Å². The van der Waals surface area contributed by atoms with Crippen molar-refractivity contribution in [3.63, 3.8) is 0 Å². The summed E-state index contributed by atoms with van der Waals surface area (Å²) in [6.07, 6.45) is 13.4. The summed E-state index contributed by atoms with van der Waals surface area (Å²) in [6.45, 7) is 0. The van der Waals surface area contributed by atoms with Gasteiger partial charge in [0.25, 0.3) is 0 Å². The summed E-state index contributed by atoms with van der Waals surface area (Å²) in [5, 5.41) is 4.05. The Kier molecular flexibility index (Phi) is 3.35. The number of rotatable bonds is 3. The maximum absolute atomic E-state index is 5.49. The SMILES string of the molecule is COC1CCC(NC2CC3CC2C2CCCC32)CC1. The number of hydrogen-bond acceptors (Lipinski definition) is 2. The first kappa shape index (κ1) is 12.6. The molecule has 0 amide bonds. The van der Waals surface area contributed by atoms with Crippen LogP contribution in [0.4, 0.5) is 0 Å². The maximum atomic E-state index is 5.49. The minimum atomic E-state index is 0.539. The topological polar surface area (TPSA) is 21.3 Å². The Morgan fingerprint density at radius 2 is 1.63 bits per heavy atom. The van der Waals surface area contributed by atoms with E-state index in [0.29, 0.717) is 6.10 Å². The van der Waals surface area contributed by atoms with Crippen molar-refractivity contribution in [3.8, 4) is 0 Å². The van der Waals surface area contributed by atoms with Crippen LogP contribution in [0.15, 0.2) is 0 Å². The van der Waals surface area contributed by atoms with Crippen LogP contribution in [0.25, 0.3) is 0 Å². The van der Waals surface area contributed by atoms with Crippen LogP contribution in [-0.2, 0) is 4.74 Å². The molecule has 4 aliphatic carbocycles. The van der Waals surface area contributed by atoms with Gasteiger partial charge in [-0.3, -0.25) is 0 Å². The van der Waals surface area contributed by atoms with Crippen LogP contribution in [0.1, 0.15) is 57.8 Å². The minimum Gasteiger partial charge on any atom is -0.381 e. The molecule has 2 nitrogen and oxygen atoms in total. The fourth-order valence-corrected chi connectivity index (χ4v) is 6.03. The second-order valence-corrected chi connectivity index (χ2v) is 7.64. The molecule has 4 aliphatic rings. The third-order valence-electron chi connectivity index (χ3n) is 6.89. The molecule has 0 aromatic heterocycles. The van der Waals surface area contributed by atoms with Crippen LogP contribution in [0.5, 0.6) is 0 Å². The summed E-state index contributed by atoms with van der Waals surface area (Å²) in [5.74, 6) is 4.36. The highest BCUT2D eigenvalue weighted by molar-refractivity contribution is 5.06. The number of methoxy groups -OCH3 is 1. The molecule has 0 aliphatic heterocycles. The molecule has 2 heteroatoms. The minimum absolute atomic E-state index is 0.539. The highest BCUT2D eigenvalue weighted by Crippen LogP contribution is 2.58. The standard InChI is InChI=1S/C17H29NO/c1-19-13-7-5-12(6-8-13)18-17-10-11-9-16(17)15-4-2-3-14(11)15/h11-18H,2-10H2,1H3. The largest absolute Gasteiger partial charge is 0.381 e. The summed E-state index contributed by atoms with van der Waals surface area (Å²) in [4.78, 5) is 0. The van der Waals surface area contributed by atoms with Crippen molar-refractivity contribution < 1.29 is 4.74 Å². The number of nitrogens with one attached hydrogen (secondary N) is 1. The van der Waals surface area contributed by atoms with Crippen LogP contribution in [0.3, 0.4) is 0 Å². The first-order chi connectivity index (χ1) is 9.35. The normalized spacial score (nSPS) is 52.6. The van der Waals surface area contributed by atoms with Crippen LogP contribution < -0.4 is 5.32 Å². The van der Waals surface area contributed by atoms with E-state index in [1.807, 2.05) is 7.11 Å².